The van der Waals surface area contributed by atoms with Crippen LogP contribution in [0, 0.1) is 11.6 Å². The Morgan fingerprint density at radius 1 is 0.900 bits per heavy atom. The number of H-pyrrole nitrogens is 1. The zero-order chi connectivity index (χ0) is 28.2. The van der Waals surface area contributed by atoms with Crippen LogP contribution < -0.4 is 20.7 Å². The lowest BCUT2D eigenvalue weighted by atomic mass is 10.0. The van der Waals surface area contributed by atoms with Gasteiger partial charge in [0.1, 0.15) is 17.4 Å². The van der Waals surface area contributed by atoms with Gasteiger partial charge in [0.05, 0.1) is 36.0 Å². The first kappa shape index (κ1) is 26.9. The normalized spacial score (nSPS) is 16.6. The summed E-state index contributed by atoms with van der Waals surface area (Å²) in [6.07, 6.45) is 2.30. The van der Waals surface area contributed by atoms with Gasteiger partial charge < -0.3 is 20.7 Å². The van der Waals surface area contributed by atoms with Crippen molar-refractivity contribution in [3.63, 3.8) is 0 Å². The van der Waals surface area contributed by atoms with Crippen molar-refractivity contribution in [3.05, 3.63) is 94.7 Å². The van der Waals surface area contributed by atoms with Gasteiger partial charge in [0, 0.05) is 47.3 Å². The number of nitrogens with zero attached hydrogens (tertiary/aromatic N) is 1. The Hall–Kier alpha value is -4.64. The van der Waals surface area contributed by atoms with Gasteiger partial charge in [-0.25, -0.2) is 8.78 Å². The van der Waals surface area contributed by atoms with Crippen LogP contribution in [0.5, 0.6) is 5.75 Å². The van der Waals surface area contributed by atoms with Gasteiger partial charge >= 0.3 is 0 Å². The molecule has 0 spiro atoms. The van der Waals surface area contributed by atoms with Crippen LogP contribution in [0.3, 0.4) is 0 Å². The number of hydrogen-bond donors (Lipinski definition) is 4. The van der Waals surface area contributed by atoms with Crippen LogP contribution in [0.25, 0.3) is 10.9 Å². The van der Waals surface area contributed by atoms with E-state index in [1.165, 1.54) is 24.3 Å². The Morgan fingerprint density at radius 2 is 1.50 bits per heavy atom. The van der Waals surface area contributed by atoms with Gasteiger partial charge in [-0.1, -0.05) is 19.1 Å². The largest absolute Gasteiger partial charge is 0.493 e. The fourth-order valence-corrected chi connectivity index (χ4v) is 4.56. The second-order valence-corrected chi connectivity index (χ2v) is 9.51. The van der Waals surface area contributed by atoms with Gasteiger partial charge in [-0.05, 0) is 36.8 Å². The van der Waals surface area contributed by atoms with Gasteiger partial charge in [0.15, 0.2) is 5.78 Å². The predicted octanol–water partition coefficient (Wildman–Crippen LogP) is 3.36. The van der Waals surface area contributed by atoms with Crippen molar-refractivity contribution in [2.45, 2.75) is 25.4 Å². The summed E-state index contributed by atoms with van der Waals surface area (Å²) in [6, 6.07) is 11.9. The van der Waals surface area contributed by atoms with E-state index >= 15 is 0 Å². The fourth-order valence-electron chi connectivity index (χ4n) is 4.56. The third kappa shape index (κ3) is 5.69. The molecule has 2 amide bonds. The molecular weight excluding hydrogens is 520 g/mol. The van der Waals surface area contributed by atoms with Crippen molar-refractivity contribution in [1.29, 1.82) is 0 Å². The Kier molecular flexibility index (Phi) is 7.83. The number of halogens is 2. The molecule has 206 valence electrons. The number of aromatic nitrogens is 2. The molecule has 1 fully saturated rings. The highest BCUT2D eigenvalue weighted by atomic mass is 19.1. The summed E-state index contributed by atoms with van der Waals surface area (Å²) in [7, 11) is 0. The van der Waals surface area contributed by atoms with E-state index in [2.05, 4.69) is 26.1 Å². The number of hydrogen-bond acceptors (Lipinski definition) is 6. The minimum Gasteiger partial charge on any atom is -0.493 e. The molecule has 1 aromatic heterocycles. The smallest absolute Gasteiger partial charge is 0.251 e. The molecule has 0 unspecified atom stereocenters. The Balaban J connectivity index is 1.22. The van der Waals surface area contributed by atoms with Crippen LogP contribution in [0.1, 0.15) is 50.0 Å². The molecule has 4 aromatic rings. The lowest BCUT2D eigenvalue weighted by Crippen LogP contribution is -2.51. The predicted molar refractivity (Wildman–Crippen MR) is 143 cm³/mol. The van der Waals surface area contributed by atoms with Gasteiger partial charge in [0.25, 0.3) is 11.8 Å². The quantitative estimate of drug-likeness (QED) is 0.238. The molecule has 1 saturated heterocycles. The van der Waals surface area contributed by atoms with E-state index in [1.807, 2.05) is 6.92 Å². The number of aromatic amines is 1. The topological polar surface area (TPSA) is 125 Å². The Labute approximate surface area is 228 Å². The van der Waals surface area contributed by atoms with Crippen LogP contribution >= 0.6 is 0 Å². The molecule has 40 heavy (non-hydrogen) atoms. The number of amides is 2. The number of carbonyl (C=O) groups excluding carboxylic acids is 3. The summed E-state index contributed by atoms with van der Waals surface area (Å²) >= 11 is 0. The molecule has 5 rings (SSSR count). The summed E-state index contributed by atoms with van der Waals surface area (Å²) in [5.74, 6) is -3.57. The van der Waals surface area contributed by atoms with Gasteiger partial charge in [-0.2, -0.15) is 5.10 Å². The third-order valence-electron chi connectivity index (χ3n) is 6.67. The molecule has 0 aliphatic carbocycles. The number of fused-ring (bicyclic) bond motifs is 1. The van der Waals surface area contributed by atoms with E-state index in [9.17, 15) is 23.2 Å². The minimum absolute atomic E-state index is 0.00958. The number of benzene rings is 3. The van der Waals surface area contributed by atoms with Crippen molar-refractivity contribution in [1.82, 2.24) is 26.1 Å². The number of rotatable bonds is 9. The summed E-state index contributed by atoms with van der Waals surface area (Å²) < 4.78 is 34.4. The van der Waals surface area contributed by atoms with Crippen molar-refractivity contribution in [2.24, 2.45) is 0 Å². The molecule has 4 N–H and O–H groups in total. The average Bonchev–Trinajstić information content (AvgIpc) is 3.60. The van der Waals surface area contributed by atoms with Crippen LogP contribution in [0.2, 0.25) is 0 Å². The summed E-state index contributed by atoms with van der Waals surface area (Å²) in [5, 5.41) is 16.6. The van der Waals surface area contributed by atoms with E-state index in [0.29, 0.717) is 31.7 Å². The first-order valence-corrected chi connectivity index (χ1v) is 12.9. The van der Waals surface area contributed by atoms with E-state index in [0.717, 1.165) is 23.0 Å². The van der Waals surface area contributed by atoms with Crippen LogP contribution in [-0.4, -0.2) is 59.6 Å². The lowest BCUT2D eigenvalue weighted by Gasteiger charge is -2.21. The average molecular weight is 548 g/mol. The van der Waals surface area contributed by atoms with Crippen LogP contribution in [0.15, 0.2) is 60.8 Å². The first-order chi connectivity index (χ1) is 19.3. The molecule has 2 heterocycles. The van der Waals surface area contributed by atoms with Gasteiger partial charge in [-0.3, -0.25) is 19.5 Å². The zero-order valence-electron chi connectivity index (χ0n) is 21.6. The van der Waals surface area contributed by atoms with Crippen molar-refractivity contribution >= 4 is 28.5 Å². The first-order valence-electron chi connectivity index (χ1n) is 12.9. The molecule has 0 saturated carbocycles. The van der Waals surface area contributed by atoms with Crippen LogP contribution in [0.4, 0.5) is 8.78 Å². The Morgan fingerprint density at radius 3 is 2.15 bits per heavy atom. The summed E-state index contributed by atoms with van der Waals surface area (Å²) in [5.41, 5.74) is 0.884. The molecule has 3 aromatic carbocycles. The second-order valence-electron chi connectivity index (χ2n) is 9.51. The SMILES string of the molecule is CCCOc1cc(F)c(C(=O)c2ccc(C(=O)N[C@@H]3CNC[C@H]3NC(=O)c3ccc4[nH]ncc4c3)cc2)c(F)c1. The summed E-state index contributed by atoms with van der Waals surface area (Å²) in [4.78, 5) is 38.6. The number of nitrogens with one attached hydrogen (secondary N) is 4. The monoisotopic (exact) mass is 547 g/mol. The van der Waals surface area contributed by atoms with Gasteiger partial charge in [-0.15, -0.1) is 0 Å². The fraction of sp³-hybridized carbons (Fsp3) is 0.241. The number of ketones is 1. The van der Waals surface area contributed by atoms with E-state index in [4.69, 9.17) is 4.74 Å². The lowest BCUT2D eigenvalue weighted by molar-refractivity contribution is 0.0896. The van der Waals surface area contributed by atoms with Crippen molar-refractivity contribution < 1.29 is 27.9 Å². The highest BCUT2D eigenvalue weighted by molar-refractivity contribution is 6.10. The molecule has 0 bridgehead atoms. The molecule has 0 radical (unpaired) electrons. The highest BCUT2D eigenvalue weighted by Crippen LogP contribution is 2.24. The molecule has 9 nitrogen and oxygen atoms in total. The third-order valence-corrected chi connectivity index (χ3v) is 6.67. The maximum Gasteiger partial charge on any atom is 0.251 e. The minimum atomic E-state index is -1.02. The summed E-state index contributed by atoms with van der Waals surface area (Å²) in [6.45, 7) is 3.07. The van der Waals surface area contributed by atoms with Gasteiger partial charge in [0.2, 0.25) is 0 Å². The van der Waals surface area contributed by atoms with Crippen LogP contribution in [-0.2, 0) is 0 Å². The Bertz CT molecular complexity index is 1550. The van der Waals surface area contributed by atoms with Crippen molar-refractivity contribution in [3.8, 4) is 5.75 Å². The molecule has 11 heteroatoms. The maximum atomic E-state index is 14.6. The van der Waals surface area contributed by atoms with E-state index < -0.39 is 28.9 Å². The maximum absolute atomic E-state index is 14.6. The molecule has 2 atom stereocenters. The number of carbonyl (C=O) groups is 3. The standard InChI is InChI=1S/C29H27F2N5O4/c1-2-9-40-20-11-21(30)26(22(31)12-20)27(37)16-3-5-17(6-4-16)28(38)34-24-14-32-15-25(24)35-29(39)18-7-8-23-19(10-18)13-33-36-23/h3-8,10-13,24-25,32H,2,9,14-15H2,1H3,(H,33,36)(H,34,38)(H,35,39)/t24-,25-/m1/s1. The number of ether oxygens (including phenoxy) is 1. The van der Waals surface area contributed by atoms with E-state index in [1.54, 1.807) is 24.4 Å². The molecule has 1 aliphatic heterocycles. The molecule has 1 aliphatic rings. The van der Waals surface area contributed by atoms with E-state index in [-0.39, 0.29) is 34.9 Å². The molecular formula is C29H27F2N5O4. The second kappa shape index (κ2) is 11.6. The highest BCUT2D eigenvalue weighted by Gasteiger charge is 2.30. The zero-order valence-corrected chi connectivity index (χ0v) is 21.6. The van der Waals surface area contributed by atoms with Crippen molar-refractivity contribution in [2.75, 3.05) is 19.7 Å².